The lowest BCUT2D eigenvalue weighted by Gasteiger charge is -2.32. The van der Waals surface area contributed by atoms with E-state index in [1.165, 1.54) is 0 Å². The molecular weight excluding hydrogens is 450 g/mol. The first-order valence-electron chi connectivity index (χ1n) is 11.6. The summed E-state index contributed by atoms with van der Waals surface area (Å²) in [5, 5.41) is 13.5. The average molecular weight is 476 g/mol. The van der Waals surface area contributed by atoms with Crippen molar-refractivity contribution in [3.05, 3.63) is 94.5 Å². The predicted octanol–water partition coefficient (Wildman–Crippen LogP) is 6.04. The number of halogens is 1. The fourth-order valence-electron chi connectivity index (χ4n) is 5.58. The number of rotatable bonds is 6. The van der Waals surface area contributed by atoms with Gasteiger partial charge in [0.25, 0.3) is 0 Å². The zero-order chi connectivity index (χ0) is 23.7. The van der Waals surface area contributed by atoms with Crippen LogP contribution < -0.4 is 5.32 Å². The molecule has 34 heavy (non-hydrogen) atoms. The zero-order valence-corrected chi connectivity index (χ0v) is 19.4. The van der Waals surface area contributed by atoms with E-state index in [9.17, 15) is 14.7 Å². The fraction of sp³-hybridized carbons (Fsp3) is 0.286. The van der Waals surface area contributed by atoms with Gasteiger partial charge in [0.1, 0.15) is 12.1 Å². The summed E-state index contributed by atoms with van der Waals surface area (Å²) >= 11 is 5.99. The van der Waals surface area contributed by atoms with Gasteiger partial charge in [0.05, 0.1) is 0 Å². The first-order valence-corrected chi connectivity index (χ1v) is 12.0. The summed E-state index contributed by atoms with van der Waals surface area (Å²) in [6.07, 6.45) is 1.69. The molecule has 0 bridgehead atoms. The molecule has 5 rings (SSSR count). The number of ether oxygens (including phenoxy) is 1. The summed E-state index contributed by atoms with van der Waals surface area (Å²) in [5.41, 5.74) is 4.18. The molecule has 3 aromatic rings. The summed E-state index contributed by atoms with van der Waals surface area (Å²) in [6.45, 7) is 0.150. The van der Waals surface area contributed by atoms with Gasteiger partial charge in [-0.05, 0) is 65.1 Å². The molecular formula is C28H26ClNO4. The number of amides is 1. The largest absolute Gasteiger partial charge is 0.479 e. The van der Waals surface area contributed by atoms with Gasteiger partial charge in [-0.15, -0.1) is 0 Å². The Morgan fingerprint density at radius 1 is 0.971 bits per heavy atom. The Hall–Kier alpha value is -3.31. The maximum atomic E-state index is 12.9. The van der Waals surface area contributed by atoms with Crippen LogP contribution in [0.25, 0.3) is 11.1 Å². The van der Waals surface area contributed by atoms with E-state index in [4.69, 9.17) is 16.3 Å². The van der Waals surface area contributed by atoms with Crippen LogP contribution in [0, 0.1) is 5.92 Å². The standard InChI is InChI=1S/C28H26ClNO4/c29-20-13-11-18(12-14-20)16-19-6-5-15-28(19,26(31)32)30-27(33)34-17-25-23-9-3-1-7-21(23)22-8-2-4-10-24(22)25/h1-4,7-14,19,25H,5-6,15-17H2,(H,30,33)(H,31,32). The highest BCUT2D eigenvalue weighted by Gasteiger charge is 2.50. The molecule has 1 saturated carbocycles. The van der Waals surface area contributed by atoms with Gasteiger partial charge in [0.2, 0.25) is 0 Å². The summed E-state index contributed by atoms with van der Waals surface area (Å²) < 4.78 is 5.66. The molecule has 2 atom stereocenters. The molecule has 0 aromatic heterocycles. The van der Waals surface area contributed by atoms with Crippen molar-refractivity contribution in [2.75, 3.05) is 6.61 Å². The number of hydrogen-bond donors (Lipinski definition) is 2. The number of benzene rings is 3. The third kappa shape index (κ3) is 4.05. The third-order valence-electron chi connectivity index (χ3n) is 7.27. The predicted molar refractivity (Wildman–Crippen MR) is 131 cm³/mol. The summed E-state index contributed by atoms with van der Waals surface area (Å²) in [7, 11) is 0. The van der Waals surface area contributed by atoms with Crippen molar-refractivity contribution in [1.29, 1.82) is 0 Å². The van der Waals surface area contributed by atoms with E-state index in [0.717, 1.165) is 40.7 Å². The second-order valence-corrected chi connectivity index (χ2v) is 9.58. The number of carbonyl (C=O) groups is 2. The molecule has 0 aliphatic heterocycles. The molecule has 1 amide bonds. The van der Waals surface area contributed by atoms with Gasteiger partial charge < -0.3 is 15.2 Å². The summed E-state index contributed by atoms with van der Waals surface area (Å²) in [4.78, 5) is 25.3. The quantitative estimate of drug-likeness (QED) is 0.455. The molecule has 2 aliphatic carbocycles. The van der Waals surface area contributed by atoms with E-state index < -0.39 is 17.6 Å². The number of nitrogens with one attached hydrogen (secondary N) is 1. The van der Waals surface area contributed by atoms with E-state index >= 15 is 0 Å². The Morgan fingerprint density at radius 2 is 1.59 bits per heavy atom. The summed E-state index contributed by atoms with van der Waals surface area (Å²) in [6, 6.07) is 23.6. The highest BCUT2D eigenvalue weighted by molar-refractivity contribution is 6.30. The van der Waals surface area contributed by atoms with E-state index in [0.29, 0.717) is 17.9 Å². The van der Waals surface area contributed by atoms with Gasteiger partial charge in [0, 0.05) is 10.9 Å². The van der Waals surface area contributed by atoms with Gasteiger partial charge in [-0.1, -0.05) is 78.7 Å². The number of hydrogen-bond acceptors (Lipinski definition) is 3. The number of carboxylic acid groups (broad SMARTS) is 1. The smallest absolute Gasteiger partial charge is 0.408 e. The van der Waals surface area contributed by atoms with Crippen LogP contribution in [-0.2, 0) is 16.0 Å². The van der Waals surface area contributed by atoms with E-state index in [2.05, 4.69) is 29.6 Å². The molecule has 0 saturated heterocycles. The molecule has 174 valence electrons. The Balaban J connectivity index is 1.31. The summed E-state index contributed by atoms with van der Waals surface area (Å²) in [5.74, 6) is -1.32. The van der Waals surface area contributed by atoms with Crippen LogP contribution in [0.3, 0.4) is 0 Å². The minimum Gasteiger partial charge on any atom is -0.479 e. The highest BCUT2D eigenvalue weighted by atomic mass is 35.5. The maximum Gasteiger partial charge on any atom is 0.408 e. The Labute approximate surface area is 203 Å². The van der Waals surface area contributed by atoms with Crippen molar-refractivity contribution in [2.24, 2.45) is 5.92 Å². The maximum absolute atomic E-state index is 12.9. The van der Waals surface area contributed by atoms with Crippen molar-refractivity contribution in [3.63, 3.8) is 0 Å². The van der Waals surface area contributed by atoms with Crippen molar-refractivity contribution in [3.8, 4) is 11.1 Å². The Kier molecular flexibility index (Phi) is 6.05. The molecule has 2 aliphatic rings. The SMILES string of the molecule is O=C(NC1(C(=O)O)CCCC1Cc1ccc(Cl)cc1)OCC1c2ccccc2-c2ccccc21. The van der Waals surface area contributed by atoms with E-state index in [-0.39, 0.29) is 18.4 Å². The Bertz CT molecular complexity index is 1180. The third-order valence-corrected chi connectivity index (χ3v) is 7.52. The lowest BCUT2D eigenvalue weighted by atomic mass is 9.82. The first-order chi connectivity index (χ1) is 16.5. The number of carbonyl (C=O) groups excluding carboxylic acids is 1. The molecule has 0 heterocycles. The van der Waals surface area contributed by atoms with Crippen LogP contribution in [0.5, 0.6) is 0 Å². The number of aliphatic carboxylic acids is 1. The molecule has 1 fully saturated rings. The van der Waals surface area contributed by atoms with Crippen LogP contribution in [-0.4, -0.2) is 29.3 Å². The second-order valence-electron chi connectivity index (χ2n) is 9.15. The molecule has 0 radical (unpaired) electrons. The van der Waals surface area contributed by atoms with Crippen molar-refractivity contribution in [2.45, 2.75) is 37.1 Å². The first kappa shape index (κ1) is 22.5. The molecule has 5 nitrogen and oxygen atoms in total. The van der Waals surface area contributed by atoms with Gasteiger partial charge in [-0.3, -0.25) is 0 Å². The molecule has 2 unspecified atom stereocenters. The lowest BCUT2D eigenvalue weighted by Crippen LogP contribution is -2.57. The van der Waals surface area contributed by atoms with Gasteiger partial charge in [-0.25, -0.2) is 9.59 Å². The van der Waals surface area contributed by atoms with Crippen LogP contribution in [0.15, 0.2) is 72.8 Å². The molecule has 2 N–H and O–H groups in total. The fourth-order valence-corrected chi connectivity index (χ4v) is 5.70. The van der Waals surface area contributed by atoms with Crippen LogP contribution in [0.2, 0.25) is 5.02 Å². The average Bonchev–Trinajstić information content (AvgIpc) is 3.39. The normalized spacial score (nSPS) is 21.0. The van der Waals surface area contributed by atoms with Gasteiger partial charge >= 0.3 is 12.1 Å². The molecule has 0 spiro atoms. The number of carboxylic acids is 1. The molecule has 3 aromatic carbocycles. The van der Waals surface area contributed by atoms with Gasteiger partial charge in [-0.2, -0.15) is 0 Å². The van der Waals surface area contributed by atoms with E-state index in [1.54, 1.807) is 12.1 Å². The zero-order valence-electron chi connectivity index (χ0n) is 18.7. The minimum atomic E-state index is -1.35. The van der Waals surface area contributed by atoms with Crippen molar-refractivity contribution >= 4 is 23.7 Å². The van der Waals surface area contributed by atoms with Crippen LogP contribution in [0.4, 0.5) is 4.79 Å². The number of fused-ring (bicyclic) bond motifs is 3. The van der Waals surface area contributed by atoms with Crippen LogP contribution in [0.1, 0.15) is 41.9 Å². The van der Waals surface area contributed by atoms with Crippen molar-refractivity contribution in [1.82, 2.24) is 5.32 Å². The van der Waals surface area contributed by atoms with Gasteiger partial charge in [0.15, 0.2) is 0 Å². The number of alkyl carbamates (subject to hydrolysis) is 1. The minimum absolute atomic E-state index is 0.0765. The topological polar surface area (TPSA) is 75.6 Å². The van der Waals surface area contributed by atoms with Crippen LogP contribution >= 0.6 is 11.6 Å². The van der Waals surface area contributed by atoms with E-state index in [1.807, 2.05) is 36.4 Å². The lowest BCUT2D eigenvalue weighted by molar-refractivity contribution is -0.146. The second kappa shape index (κ2) is 9.15. The Morgan fingerprint density at radius 3 is 2.21 bits per heavy atom. The van der Waals surface area contributed by atoms with Crippen molar-refractivity contribution < 1.29 is 19.4 Å². The molecule has 6 heteroatoms. The highest BCUT2D eigenvalue weighted by Crippen LogP contribution is 2.44. The monoisotopic (exact) mass is 475 g/mol.